The fourth-order valence-electron chi connectivity index (χ4n) is 5.17. The molecule has 47 heavy (non-hydrogen) atoms. The smallest absolute Gasteiger partial charge is 0.243 e. The van der Waals surface area contributed by atoms with E-state index in [1.807, 2.05) is 6.07 Å². The van der Waals surface area contributed by atoms with Gasteiger partial charge >= 0.3 is 0 Å². The first kappa shape index (κ1) is 35.7. The van der Waals surface area contributed by atoms with Crippen molar-refractivity contribution in [1.82, 2.24) is 20.3 Å². The van der Waals surface area contributed by atoms with Gasteiger partial charge in [-0.25, -0.2) is 8.42 Å². The SMILES string of the molecule is COc1ccc(S(=O)(=O)N[C@@H](CC(=O)NCc2ccc(C#N)cc2)C(=O)N2CCC[C@H]2C(=O)NCc2cc(Cl)ccc2CN)cc1Cl. The van der Waals surface area contributed by atoms with Crippen LogP contribution in [0, 0.1) is 11.3 Å². The van der Waals surface area contributed by atoms with Gasteiger partial charge in [-0.15, -0.1) is 0 Å². The van der Waals surface area contributed by atoms with Crippen molar-refractivity contribution in [3.8, 4) is 11.8 Å². The molecule has 3 aromatic carbocycles. The Labute approximate surface area is 283 Å². The summed E-state index contributed by atoms with van der Waals surface area (Å²) in [6.45, 7) is 0.623. The monoisotopic (exact) mass is 700 g/mol. The van der Waals surface area contributed by atoms with Gasteiger partial charge in [-0.3, -0.25) is 14.4 Å². The summed E-state index contributed by atoms with van der Waals surface area (Å²) < 4.78 is 34.4. The predicted octanol–water partition coefficient (Wildman–Crippen LogP) is 2.99. The second kappa shape index (κ2) is 16.1. The van der Waals surface area contributed by atoms with E-state index in [2.05, 4.69) is 15.4 Å². The number of carbonyl (C=O) groups excluding carboxylic acids is 3. The van der Waals surface area contributed by atoms with E-state index in [0.717, 1.165) is 11.1 Å². The highest BCUT2D eigenvalue weighted by atomic mass is 35.5. The number of ether oxygens (including phenoxy) is 1. The Bertz CT molecular complexity index is 1780. The van der Waals surface area contributed by atoms with E-state index in [1.165, 1.54) is 30.2 Å². The highest BCUT2D eigenvalue weighted by molar-refractivity contribution is 7.89. The van der Waals surface area contributed by atoms with E-state index in [0.29, 0.717) is 29.0 Å². The van der Waals surface area contributed by atoms with Gasteiger partial charge in [0.05, 0.1) is 35.1 Å². The third-order valence-electron chi connectivity index (χ3n) is 7.67. The first-order chi connectivity index (χ1) is 22.4. The molecule has 5 N–H and O–H groups in total. The number of carbonyl (C=O) groups is 3. The van der Waals surface area contributed by atoms with Crippen LogP contribution in [0.3, 0.4) is 0 Å². The van der Waals surface area contributed by atoms with Gasteiger partial charge in [-0.1, -0.05) is 41.4 Å². The number of halogens is 2. The van der Waals surface area contributed by atoms with E-state index in [1.54, 1.807) is 42.5 Å². The van der Waals surface area contributed by atoms with Crippen LogP contribution >= 0.6 is 23.2 Å². The summed E-state index contributed by atoms with van der Waals surface area (Å²) >= 11 is 12.3. The maximum Gasteiger partial charge on any atom is 0.243 e. The molecule has 0 spiro atoms. The van der Waals surface area contributed by atoms with Crippen molar-refractivity contribution in [3.63, 3.8) is 0 Å². The van der Waals surface area contributed by atoms with Gasteiger partial charge in [0.1, 0.15) is 17.8 Å². The standard InChI is InChI=1S/C32H34Cl2N6O6S/c1-46-29-11-10-25(14-26(29)34)47(44,45)39-27(15-30(41)37-18-21-6-4-20(16-35)5-7-21)32(43)40-12-2-3-28(40)31(42)38-19-23-13-24(33)9-8-22(23)17-36/h4-11,13-14,27-28,39H,2-3,12,15,17-19,36H2,1H3,(H,37,41)(H,38,42)/t27-,28-/m0/s1. The molecule has 15 heteroatoms. The summed E-state index contributed by atoms with van der Waals surface area (Å²) in [5.41, 5.74) is 8.50. The molecule has 0 aromatic heterocycles. The first-order valence-electron chi connectivity index (χ1n) is 14.6. The molecule has 12 nitrogen and oxygen atoms in total. The van der Waals surface area contributed by atoms with Crippen LogP contribution in [0.15, 0.2) is 65.6 Å². The van der Waals surface area contributed by atoms with Crippen molar-refractivity contribution in [3.05, 3.63) is 93.0 Å². The van der Waals surface area contributed by atoms with E-state index in [9.17, 15) is 22.8 Å². The Balaban J connectivity index is 1.53. The highest BCUT2D eigenvalue weighted by Crippen LogP contribution is 2.27. The molecular formula is C32H34Cl2N6O6S. The van der Waals surface area contributed by atoms with E-state index >= 15 is 0 Å². The van der Waals surface area contributed by atoms with Crippen LogP contribution in [0.25, 0.3) is 0 Å². The Morgan fingerprint density at radius 2 is 1.79 bits per heavy atom. The molecule has 0 saturated carbocycles. The van der Waals surface area contributed by atoms with Gasteiger partial charge in [0.2, 0.25) is 27.7 Å². The van der Waals surface area contributed by atoms with Crippen LogP contribution in [0.5, 0.6) is 5.75 Å². The van der Waals surface area contributed by atoms with Gasteiger partial charge in [0.25, 0.3) is 0 Å². The average Bonchev–Trinajstić information content (AvgIpc) is 3.56. The number of nitrogens with zero attached hydrogens (tertiary/aromatic N) is 2. The molecule has 0 aliphatic carbocycles. The molecule has 3 amide bonds. The normalized spacial score (nSPS) is 15.0. The zero-order chi connectivity index (χ0) is 34.1. The van der Waals surface area contributed by atoms with E-state index < -0.39 is 46.2 Å². The zero-order valence-electron chi connectivity index (χ0n) is 25.5. The molecule has 2 atom stereocenters. The molecular weight excluding hydrogens is 667 g/mol. The number of amides is 3. The molecule has 0 unspecified atom stereocenters. The second-order valence-corrected chi connectivity index (χ2v) is 13.3. The fourth-order valence-corrected chi connectivity index (χ4v) is 6.90. The number of methoxy groups -OCH3 is 1. The number of hydrogen-bond donors (Lipinski definition) is 4. The summed E-state index contributed by atoms with van der Waals surface area (Å²) in [5, 5.41) is 15.0. The molecule has 1 aliphatic heterocycles. The number of hydrogen-bond acceptors (Lipinski definition) is 8. The molecule has 1 heterocycles. The number of rotatable bonds is 13. The lowest BCUT2D eigenvalue weighted by molar-refractivity contribution is -0.140. The first-order valence-corrected chi connectivity index (χ1v) is 16.9. The summed E-state index contributed by atoms with van der Waals surface area (Å²) in [5.74, 6) is -1.53. The summed E-state index contributed by atoms with van der Waals surface area (Å²) in [4.78, 5) is 41.4. The fraction of sp³-hybridized carbons (Fsp3) is 0.312. The average molecular weight is 702 g/mol. The predicted molar refractivity (Wildman–Crippen MR) is 176 cm³/mol. The van der Waals surface area contributed by atoms with Crippen molar-refractivity contribution in [2.75, 3.05) is 13.7 Å². The van der Waals surface area contributed by atoms with Gasteiger partial charge in [-0.2, -0.15) is 9.98 Å². The minimum Gasteiger partial charge on any atom is -0.495 e. The Morgan fingerprint density at radius 1 is 1.04 bits per heavy atom. The van der Waals surface area contributed by atoms with Crippen molar-refractivity contribution < 1.29 is 27.5 Å². The second-order valence-electron chi connectivity index (χ2n) is 10.8. The van der Waals surface area contributed by atoms with Crippen molar-refractivity contribution in [1.29, 1.82) is 5.26 Å². The Hall–Kier alpha value is -4.19. The largest absolute Gasteiger partial charge is 0.495 e. The number of sulfonamides is 1. The van der Waals surface area contributed by atoms with Crippen molar-refractivity contribution in [2.24, 2.45) is 5.73 Å². The van der Waals surface area contributed by atoms with E-state index in [-0.39, 0.29) is 41.8 Å². The molecule has 0 radical (unpaired) electrons. The highest BCUT2D eigenvalue weighted by Gasteiger charge is 2.39. The van der Waals surface area contributed by atoms with Crippen LogP contribution in [0.4, 0.5) is 0 Å². The Kier molecular flexibility index (Phi) is 12.2. The van der Waals surface area contributed by atoms with Gasteiger partial charge in [-0.05, 0) is 72.0 Å². The van der Waals surface area contributed by atoms with Crippen LogP contribution in [-0.2, 0) is 44.0 Å². The lowest BCUT2D eigenvalue weighted by Gasteiger charge is -2.28. The van der Waals surface area contributed by atoms with Gasteiger partial charge < -0.3 is 26.0 Å². The van der Waals surface area contributed by atoms with Crippen LogP contribution in [-0.4, -0.2) is 56.8 Å². The topological polar surface area (TPSA) is 184 Å². The summed E-state index contributed by atoms with van der Waals surface area (Å²) in [6.07, 6.45) is 0.286. The number of nitriles is 1. The minimum atomic E-state index is -4.37. The lowest BCUT2D eigenvalue weighted by Crippen LogP contribution is -2.54. The third kappa shape index (κ3) is 9.21. The maximum absolute atomic E-state index is 14.0. The minimum absolute atomic E-state index is 0.0344. The molecule has 1 saturated heterocycles. The maximum atomic E-state index is 14.0. The number of benzene rings is 3. The molecule has 248 valence electrons. The number of nitrogens with two attached hydrogens (primary N) is 1. The van der Waals surface area contributed by atoms with Crippen LogP contribution in [0.1, 0.15) is 41.5 Å². The number of nitrogens with one attached hydrogen (secondary N) is 3. The lowest BCUT2D eigenvalue weighted by atomic mass is 10.1. The molecule has 1 fully saturated rings. The molecule has 0 bridgehead atoms. The number of likely N-dealkylation sites (tertiary alicyclic amines) is 1. The van der Waals surface area contributed by atoms with Crippen LogP contribution in [0.2, 0.25) is 10.0 Å². The van der Waals surface area contributed by atoms with Crippen molar-refractivity contribution in [2.45, 2.75) is 55.9 Å². The molecule has 1 aliphatic rings. The zero-order valence-corrected chi connectivity index (χ0v) is 27.8. The quantitative estimate of drug-likeness (QED) is 0.210. The van der Waals surface area contributed by atoms with Crippen molar-refractivity contribution >= 4 is 50.9 Å². The third-order valence-corrected chi connectivity index (χ3v) is 9.67. The Morgan fingerprint density at radius 3 is 2.45 bits per heavy atom. The van der Waals surface area contributed by atoms with Crippen LogP contribution < -0.4 is 25.8 Å². The van der Waals surface area contributed by atoms with E-state index in [4.69, 9.17) is 38.9 Å². The summed E-state index contributed by atoms with van der Waals surface area (Å²) in [6, 6.07) is 15.1. The summed E-state index contributed by atoms with van der Waals surface area (Å²) in [7, 11) is -2.99. The van der Waals surface area contributed by atoms with Gasteiger partial charge in [0.15, 0.2) is 0 Å². The van der Waals surface area contributed by atoms with Gasteiger partial charge in [0, 0.05) is 31.2 Å². The molecule has 3 aromatic rings. The molecule has 4 rings (SSSR count).